The maximum Gasteiger partial charge on any atom is 0.108 e. The maximum atomic E-state index is 9.23. The molecule has 0 bridgehead atoms. The van der Waals surface area contributed by atoms with E-state index < -0.39 is 42.7 Å². The first-order valence-electron chi connectivity index (χ1n) is 7.94. The van der Waals surface area contributed by atoms with Crippen LogP contribution >= 0.6 is 0 Å². The van der Waals surface area contributed by atoms with Gasteiger partial charge in [0, 0.05) is 0 Å². The van der Waals surface area contributed by atoms with E-state index >= 15 is 0 Å². The topological polar surface area (TPSA) is 142 Å². The lowest BCUT2D eigenvalue weighted by molar-refractivity contribution is -0.105. The number of rotatable bonds is 9. The van der Waals surface area contributed by atoms with Crippen molar-refractivity contribution < 1.29 is 35.7 Å². The van der Waals surface area contributed by atoms with Crippen LogP contribution in [0.4, 0.5) is 0 Å². The quantitative estimate of drug-likeness (QED) is 0.292. The molecule has 22 heavy (non-hydrogen) atoms. The standard InChI is InChI=1S/C8H18O4.C7H16O3/c1-3-5(9)7(11)8(12)6(10)4-2;1-3-5(8)7(10)6(9)4-2/h5-12H,3-4H2,1-2H3;5-10H,3-4H2,1-2H3. The Morgan fingerprint density at radius 3 is 0.773 bits per heavy atom. The van der Waals surface area contributed by atoms with E-state index in [0.29, 0.717) is 25.7 Å². The summed E-state index contributed by atoms with van der Waals surface area (Å²) in [6.07, 6.45) is -5.39. The van der Waals surface area contributed by atoms with Crippen LogP contribution in [0.15, 0.2) is 0 Å². The molecule has 0 radical (unpaired) electrons. The molecule has 0 rings (SSSR count). The minimum Gasteiger partial charge on any atom is -0.390 e. The van der Waals surface area contributed by atoms with Crippen molar-refractivity contribution in [2.75, 3.05) is 0 Å². The van der Waals surface area contributed by atoms with Crippen molar-refractivity contribution in [1.29, 1.82) is 0 Å². The monoisotopic (exact) mass is 326 g/mol. The molecule has 0 aromatic rings. The highest BCUT2D eigenvalue weighted by molar-refractivity contribution is 4.79. The molecule has 0 aromatic carbocycles. The minimum atomic E-state index is -1.26. The lowest BCUT2D eigenvalue weighted by Crippen LogP contribution is -2.43. The molecular weight excluding hydrogens is 292 g/mol. The van der Waals surface area contributed by atoms with E-state index in [4.69, 9.17) is 25.5 Å². The molecular formula is C15H34O7. The first kappa shape index (κ1) is 24.0. The van der Waals surface area contributed by atoms with Gasteiger partial charge in [-0.2, -0.15) is 0 Å². The smallest absolute Gasteiger partial charge is 0.108 e. The van der Waals surface area contributed by atoms with E-state index in [0.717, 1.165) is 0 Å². The third-order valence-corrected chi connectivity index (χ3v) is 3.60. The minimum absolute atomic E-state index is 0.356. The molecule has 7 N–H and O–H groups in total. The zero-order chi connectivity index (χ0) is 17.9. The van der Waals surface area contributed by atoms with Crippen LogP contribution < -0.4 is 0 Å². The second kappa shape index (κ2) is 13.2. The van der Waals surface area contributed by atoms with Gasteiger partial charge in [-0.1, -0.05) is 27.7 Å². The highest BCUT2D eigenvalue weighted by Gasteiger charge is 2.28. The Kier molecular flexibility index (Phi) is 14.4. The summed E-state index contributed by atoms with van der Waals surface area (Å²) in [6.45, 7) is 6.91. The second-order valence-electron chi connectivity index (χ2n) is 5.37. The summed E-state index contributed by atoms with van der Waals surface area (Å²) in [5.74, 6) is 0. The van der Waals surface area contributed by atoms with Gasteiger partial charge in [-0.05, 0) is 25.7 Å². The number of hydrogen-bond donors (Lipinski definition) is 7. The van der Waals surface area contributed by atoms with Crippen LogP contribution in [0.5, 0.6) is 0 Å². The Balaban J connectivity index is 0. The molecule has 0 saturated carbocycles. The van der Waals surface area contributed by atoms with Crippen molar-refractivity contribution in [3.8, 4) is 0 Å². The van der Waals surface area contributed by atoms with Crippen molar-refractivity contribution >= 4 is 0 Å². The summed E-state index contributed by atoms with van der Waals surface area (Å²) in [6, 6.07) is 0. The molecule has 0 heterocycles. The van der Waals surface area contributed by atoms with Crippen LogP contribution in [-0.2, 0) is 0 Å². The molecule has 6 atom stereocenters. The van der Waals surface area contributed by atoms with E-state index in [1.165, 1.54) is 0 Å². The third kappa shape index (κ3) is 8.99. The van der Waals surface area contributed by atoms with Gasteiger partial charge in [0.25, 0.3) is 0 Å². The first-order chi connectivity index (χ1) is 10.2. The van der Waals surface area contributed by atoms with Crippen LogP contribution in [0.2, 0.25) is 0 Å². The fraction of sp³-hybridized carbons (Fsp3) is 1.00. The molecule has 136 valence electrons. The summed E-state index contributed by atoms with van der Waals surface area (Å²) in [5, 5.41) is 63.8. The van der Waals surface area contributed by atoms with Gasteiger partial charge in [-0.3, -0.25) is 0 Å². The van der Waals surface area contributed by atoms with Crippen LogP contribution in [0, 0.1) is 0 Å². The van der Waals surface area contributed by atoms with E-state index in [-0.39, 0.29) is 0 Å². The molecule has 0 fully saturated rings. The molecule has 7 heteroatoms. The molecule has 0 aromatic heterocycles. The molecule has 0 spiro atoms. The Hall–Kier alpha value is -0.280. The SMILES string of the molecule is CCC(O)C(O)C(O)C(O)CC.CCC(O)C(O)C(O)CC. The largest absolute Gasteiger partial charge is 0.390 e. The van der Waals surface area contributed by atoms with Crippen molar-refractivity contribution in [1.82, 2.24) is 0 Å². The molecule has 7 nitrogen and oxygen atoms in total. The van der Waals surface area contributed by atoms with Crippen LogP contribution in [-0.4, -0.2) is 78.5 Å². The van der Waals surface area contributed by atoms with E-state index in [2.05, 4.69) is 0 Å². The van der Waals surface area contributed by atoms with E-state index in [1.54, 1.807) is 27.7 Å². The Labute approximate surface area is 132 Å². The molecule has 0 amide bonds. The summed E-state index contributed by atoms with van der Waals surface area (Å²) in [5.41, 5.74) is 0. The summed E-state index contributed by atoms with van der Waals surface area (Å²) < 4.78 is 0. The third-order valence-electron chi connectivity index (χ3n) is 3.60. The molecule has 6 unspecified atom stereocenters. The molecule has 0 aliphatic carbocycles. The van der Waals surface area contributed by atoms with Crippen LogP contribution in [0.3, 0.4) is 0 Å². The predicted molar refractivity (Wildman–Crippen MR) is 83.2 cm³/mol. The maximum absolute atomic E-state index is 9.23. The zero-order valence-electron chi connectivity index (χ0n) is 14.0. The van der Waals surface area contributed by atoms with Crippen molar-refractivity contribution in [3.63, 3.8) is 0 Å². The highest BCUT2D eigenvalue weighted by atomic mass is 16.4. The average molecular weight is 326 g/mol. The second-order valence-corrected chi connectivity index (χ2v) is 5.37. The predicted octanol–water partition coefficient (Wildman–Crippen LogP) is -0.861. The zero-order valence-corrected chi connectivity index (χ0v) is 14.0. The molecule has 0 aliphatic rings. The number of aliphatic hydroxyl groups excluding tert-OH is 7. The normalized spacial score (nSPS) is 20.9. The van der Waals surface area contributed by atoms with E-state index in [9.17, 15) is 10.2 Å². The molecule has 0 aliphatic heterocycles. The van der Waals surface area contributed by atoms with Crippen LogP contribution in [0.1, 0.15) is 53.4 Å². The molecule has 0 saturated heterocycles. The van der Waals surface area contributed by atoms with Gasteiger partial charge in [0.1, 0.15) is 18.3 Å². The fourth-order valence-electron chi connectivity index (χ4n) is 1.68. The van der Waals surface area contributed by atoms with Gasteiger partial charge in [0.05, 0.1) is 24.4 Å². The van der Waals surface area contributed by atoms with Gasteiger partial charge < -0.3 is 35.7 Å². The fourth-order valence-corrected chi connectivity index (χ4v) is 1.68. The van der Waals surface area contributed by atoms with Gasteiger partial charge >= 0.3 is 0 Å². The lowest BCUT2D eigenvalue weighted by atomic mass is 10.0. The van der Waals surface area contributed by atoms with Gasteiger partial charge in [-0.15, -0.1) is 0 Å². The summed E-state index contributed by atoms with van der Waals surface area (Å²) in [4.78, 5) is 0. The van der Waals surface area contributed by atoms with Crippen molar-refractivity contribution in [3.05, 3.63) is 0 Å². The van der Waals surface area contributed by atoms with Gasteiger partial charge in [0.15, 0.2) is 0 Å². The summed E-state index contributed by atoms with van der Waals surface area (Å²) >= 11 is 0. The first-order valence-corrected chi connectivity index (χ1v) is 7.94. The number of hydrogen-bond acceptors (Lipinski definition) is 7. The van der Waals surface area contributed by atoms with Gasteiger partial charge in [-0.25, -0.2) is 0 Å². The van der Waals surface area contributed by atoms with Gasteiger partial charge in [0.2, 0.25) is 0 Å². The lowest BCUT2D eigenvalue weighted by Gasteiger charge is -2.25. The van der Waals surface area contributed by atoms with Crippen LogP contribution in [0.25, 0.3) is 0 Å². The number of aliphatic hydroxyl groups is 7. The van der Waals surface area contributed by atoms with Crippen molar-refractivity contribution in [2.24, 2.45) is 0 Å². The highest BCUT2D eigenvalue weighted by Crippen LogP contribution is 2.09. The Bertz CT molecular complexity index is 228. The average Bonchev–Trinajstić information content (AvgIpc) is 2.56. The Morgan fingerprint density at radius 2 is 0.591 bits per heavy atom. The Morgan fingerprint density at radius 1 is 0.409 bits per heavy atom. The van der Waals surface area contributed by atoms with Crippen molar-refractivity contribution in [2.45, 2.75) is 96.1 Å². The van der Waals surface area contributed by atoms with E-state index in [1.807, 2.05) is 0 Å². The summed E-state index contributed by atoms with van der Waals surface area (Å²) in [7, 11) is 0.